The third-order valence-corrected chi connectivity index (χ3v) is 8.80. The van der Waals surface area contributed by atoms with E-state index in [1.165, 1.54) is 12.3 Å². The highest BCUT2D eigenvalue weighted by molar-refractivity contribution is 7.91. The summed E-state index contributed by atoms with van der Waals surface area (Å²) in [5, 5.41) is 6.54. The molecule has 0 aliphatic carbocycles. The van der Waals surface area contributed by atoms with Crippen molar-refractivity contribution in [2.24, 2.45) is 0 Å². The summed E-state index contributed by atoms with van der Waals surface area (Å²) in [6.07, 6.45) is 1.41. The van der Waals surface area contributed by atoms with Crippen LogP contribution in [0.3, 0.4) is 0 Å². The van der Waals surface area contributed by atoms with Gasteiger partial charge >= 0.3 is 0 Å². The lowest BCUT2D eigenvalue weighted by molar-refractivity contribution is 0.440. The smallest absolute Gasteiger partial charge is 0.241 e. The number of hydrogen-bond donors (Lipinski definition) is 1. The summed E-state index contributed by atoms with van der Waals surface area (Å²) in [6.45, 7) is -0.288. The van der Waals surface area contributed by atoms with Gasteiger partial charge in [-0.05, 0) is 35.4 Å². The number of thiazole rings is 1. The van der Waals surface area contributed by atoms with Crippen LogP contribution in [0.25, 0.3) is 21.3 Å². The van der Waals surface area contributed by atoms with Crippen LogP contribution in [0.15, 0.2) is 71.3 Å². The number of rotatable bonds is 9. The first kappa shape index (κ1) is 25.2. The van der Waals surface area contributed by atoms with Gasteiger partial charge in [0.15, 0.2) is 15.1 Å². The van der Waals surface area contributed by atoms with Gasteiger partial charge in [0, 0.05) is 23.0 Å². The quantitative estimate of drug-likeness (QED) is 0.212. The molecule has 1 N–H and O–H groups in total. The largest absolute Gasteiger partial charge is 0.760 e. The lowest BCUT2D eigenvalue weighted by Crippen LogP contribution is -2.17. The second-order valence-electron chi connectivity index (χ2n) is 7.87. The summed E-state index contributed by atoms with van der Waals surface area (Å²) in [7, 11) is -3.96. The Morgan fingerprint density at radius 1 is 1.08 bits per heavy atom. The first-order valence-corrected chi connectivity index (χ1v) is 14.3. The first-order chi connectivity index (χ1) is 17.8. The van der Waals surface area contributed by atoms with Gasteiger partial charge in [-0.15, -0.1) is 21.5 Å². The Bertz CT molecular complexity index is 1670. The second kappa shape index (κ2) is 10.5. The predicted octanol–water partition coefficient (Wildman–Crippen LogP) is 3.47. The summed E-state index contributed by atoms with van der Waals surface area (Å²) in [6, 6.07) is 16.9. The highest BCUT2D eigenvalue weighted by Gasteiger charge is 2.37. The van der Waals surface area contributed by atoms with E-state index in [4.69, 9.17) is 4.42 Å². The molecule has 14 heteroatoms. The molecular weight excluding hydrogens is 541 g/mol. The number of halogens is 1. The molecule has 10 nitrogen and oxygen atoms in total. The van der Waals surface area contributed by atoms with Crippen LogP contribution in [0.2, 0.25) is 0 Å². The second-order valence-corrected chi connectivity index (χ2v) is 11.8. The predicted molar refractivity (Wildman–Crippen MR) is 134 cm³/mol. The fraction of sp³-hybridized carbons (Fsp3) is 0.130. The SMILES string of the molecule is O=S([O-])NCc1nnc(C(c2nc3ccc(-c4ccc(F)nc4)cc3s2)S(=O)(=O)Cc2ccccc2)o1. The normalized spacial score (nSPS) is 13.6. The van der Waals surface area contributed by atoms with Crippen molar-refractivity contribution < 1.29 is 26.0 Å². The maximum Gasteiger partial charge on any atom is 0.241 e. The molecule has 2 unspecified atom stereocenters. The van der Waals surface area contributed by atoms with Crippen LogP contribution in [0.4, 0.5) is 4.39 Å². The summed E-state index contributed by atoms with van der Waals surface area (Å²) in [5.74, 6) is -1.20. The van der Waals surface area contributed by atoms with E-state index in [9.17, 15) is 21.6 Å². The molecular formula is C23H17FN5O5S3-. The highest BCUT2D eigenvalue weighted by Crippen LogP contribution is 2.38. The number of nitrogens with zero attached hydrogens (tertiary/aromatic N) is 4. The number of nitrogens with one attached hydrogen (secondary N) is 1. The molecule has 3 aromatic heterocycles. The van der Waals surface area contributed by atoms with Crippen molar-refractivity contribution in [3.63, 3.8) is 0 Å². The molecule has 0 bridgehead atoms. The molecule has 2 aromatic carbocycles. The van der Waals surface area contributed by atoms with Crippen molar-refractivity contribution in [3.05, 3.63) is 95.2 Å². The van der Waals surface area contributed by atoms with Crippen molar-refractivity contribution in [1.82, 2.24) is 24.9 Å². The van der Waals surface area contributed by atoms with Crippen molar-refractivity contribution >= 4 is 42.7 Å². The molecule has 0 saturated carbocycles. The molecule has 37 heavy (non-hydrogen) atoms. The van der Waals surface area contributed by atoms with E-state index >= 15 is 0 Å². The molecule has 0 fully saturated rings. The van der Waals surface area contributed by atoms with Crippen molar-refractivity contribution in [2.45, 2.75) is 17.5 Å². The zero-order valence-electron chi connectivity index (χ0n) is 18.8. The average molecular weight is 559 g/mol. The minimum Gasteiger partial charge on any atom is -0.760 e. The van der Waals surface area contributed by atoms with Gasteiger partial charge in [0.2, 0.25) is 17.7 Å². The van der Waals surface area contributed by atoms with E-state index in [1.54, 1.807) is 48.5 Å². The van der Waals surface area contributed by atoms with Gasteiger partial charge in [-0.2, -0.15) is 4.39 Å². The molecule has 0 aliphatic heterocycles. The van der Waals surface area contributed by atoms with Crippen molar-refractivity contribution in [3.8, 4) is 11.1 Å². The standard InChI is InChI=1S/C23H18FN5O5S3/c24-19-9-7-16(11-25-19)15-6-8-17-18(10-15)35-23(27-17)21(22-29-28-20(34-22)12-26-36(30)31)37(32,33)13-14-4-2-1-3-5-14/h1-11,21,26H,12-13H2,(H,30,31)/p-1. The zero-order valence-corrected chi connectivity index (χ0v) is 21.2. The number of pyridine rings is 1. The first-order valence-electron chi connectivity index (χ1n) is 10.7. The van der Waals surface area contributed by atoms with Crippen LogP contribution in [-0.2, 0) is 33.4 Å². The Morgan fingerprint density at radius 3 is 2.59 bits per heavy atom. The number of benzene rings is 2. The van der Waals surface area contributed by atoms with Gasteiger partial charge in [0.05, 0.1) is 22.5 Å². The summed E-state index contributed by atoms with van der Waals surface area (Å²) in [5.41, 5.74) is 2.58. The molecule has 0 saturated heterocycles. The minimum atomic E-state index is -3.96. The molecule has 0 radical (unpaired) electrons. The van der Waals surface area contributed by atoms with Gasteiger partial charge in [-0.1, -0.05) is 36.4 Å². The Morgan fingerprint density at radius 2 is 1.86 bits per heavy atom. The Kier molecular flexibility index (Phi) is 7.17. The average Bonchev–Trinajstić information content (AvgIpc) is 3.50. The highest BCUT2D eigenvalue weighted by atomic mass is 32.2. The zero-order chi connectivity index (χ0) is 26.0. The van der Waals surface area contributed by atoms with Gasteiger partial charge in [0.25, 0.3) is 0 Å². The van der Waals surface area contributed by atoms with Crippen molar-refractivity contribution in [1.29, 1.82) is 0 Å². The fourth-order valence-corrected chi connectivity index (χ4v) is 7.04. The number of hydrogen-bond acceptors (Lipinski definition) is 10. The summed E-state index contributed by atoms with van der Waals surface area (Å²) < 4.78 is 70.5. The van der Waals surface area contributed by atoms with E-state index < -0.39 is 32.3 Å². The van der Waals surface area contributed by atoms with E-state index in [0.717, 1.165) is 16.9 Å². The third kappa shape index (κ3) is 5.78. The van der Waals surface area contributed by atoms with E-state index in [2.05, 4.69) is 24.9 Å². The molecule has 190 valence electrons. The molecule has 5 aromatic rings. The van der Waals surface area contributed by atoms with Crippen LogP contribution in [0.5, 0.6) is 0 Å². The number of aromatic nitrogens is 4. The summed E-state index contributed by atoms with van der Waals surface area (Å²) >= 11 is -1.41. The van der Waals surface area contributed by atoms with Gasteiger partial charge in [-0.3, -0.25) is 4.21 Å². The molecule has 0 aliphatic rings. The lowest BCUT2D eigenvalue weighted by atomic mass is 10.1. The Hall–Kier alpha value is -3.43. The van der Waals surface area contributed by atoms with Gasteiger partial charge in [0.1, 0.15) is 5.01 Å². The molecule has 5 rings (SSSR count). The van der Waals surface area contributed by atoms with Crippen LogP contribution < -0.4 is 4.72 Å². The lowest BCUT2D eigenvalue weighted by Gasteiger charge is -2.12. The van der Waals surface area contributed by atoms with Gasteiger partial charge < -0.3 is 8.97 Å². The van der Waals surface area contributed by atoms with Crippen LogP contribution in [0.1, 0.15) is 27.6 Å². The minimum absolute atomic E-state index is 0.0914. The van der Waals surface area contributed by atoms with Gasteiger partial charge in [-0.25, -0.2) is 23.1 Å². The van der Waals surface area contributed by atoms with E-state index in [0.29, 0.717) is 21.3 Å². The summed E-state index contributed by atoms with van der Waals surface area (Å²) in [4.78, 5) is 8.23. The number of fused-ring (bicyclic) bond motifs is 1. The maximum absolute atomic E-state index is 13.7. The Labute approximate surface area is 217 Å². The fourth-order valence-electron chi connectivity index (χ4n) is 3.65. The van der Waals surface area contributed by atoms with E-state index in [-0.39, 0.29) is 29.1 Å². The molecule has 2 atom stereocenters. The van der Waals surface area contributed by atoms with Crippen LogP contribution in [-0.4, -0.2) is 37.3 Å². The topological polar surface area (TPSA) is 151 Å². The number of sulfone groups is 1. The molecule has 0 spiro atoms. The third-order valence-electron chi connectivity index (χ3n) is 5.31. The Balaban J connectivity index is 1.56. The molecule has 0 amide bonds. The van der Waals surface area contributed by atoms with Crippen molar-refractivity contribution in [2.75, 3.05) is 0 Å². The maximum atomic E-state index is 13.7. The van der Waals surface area contributed by atoms with Crippen LogP contribution in [0, 0.1) is 5.95 Å². The monoisotopic (exact) mass is 558 g/mol. The van der Waals surface area contributed by atoms with Crippen LogP contribution >= 0.6 is 11.3 Å². The molecule has 3 heterocycles. The van der Waals surface area contributed by atoms with E-state index in [1.807, 2.05) is 6.07 Å².